The number of rotatable bonds is 3. The summed E-state index contributed by atoms with van der Waals surface area (Å²) in [5.74, 6) is -1.51. The molecule has 122 valence electrons. The minimum Gasteiger partial charge on any atom is -0.506 e. The third-order valence-corrected chi connectivity index (χ3v) is 3.86. The van der Waals surface area contributed by atoms with Gasteiger partial charge < -0.3 is 10.4 Å². The van der Waals surface area contributed by atoms with Crippen LogP contribution in [0.4, 0.5) is 5.69 Å². The number of carbonyl (C=O) groups excluding carboxylic acids is 3. The van der Waals surface area contributed by atoms with Gasteiger partial charge in [0.1, 0.15) is 12.3 Å². The molecule has 3 rings (SSSR count). The first kappa shape index (κ1) is 15.7. The van der Waals surface area contributed by atoms with Crippen LogP contribution in [0.3, 0.4) is 0 Å². The maximum absolute atomic E-state index is 12.4. The Morgan fingerprint density at radius 1 is 1.21 bits per heavy atom. The second kappa shape index (κ2) is 6.16. The molecule has 6 nitrogen and oxygen atoms in total. The van der Waals surface area contributed by atoms with Crippen molar-refractivity contribution in [3.05, 3.63) is 59.2 Å². The summed E-state index contributed by atoms with van der Waals surface area (Å²) in [6, 6.07) is 11.7. The van der Waals surface area contributed by atoms with E-state index in [0.29, 0.717) is 11.1 Å². The Labute approximate surface area is 138 Å². The van der Waals surface area contributed by atoms with Crippen LogP contribution in [0.1, 0.15) is 21.5 Å². The van der Waals surface area contributed by atoms with Crippen molar-refractivity contribution in [1.29, 1.82) is 0 Å². The van der Waals surface area contributed by atoms with Crippen LogP contribution in [0.5, 0.6) is 5.75 Å². The predicted molar refractivity (Wildman–Crippen MR) is 87.7 cm³/mol. The topological polar surface area (TPSA) is 86.7 Å². The molecule has 0 saturated heterocycles. The third-order valence-electron chi connectivity index (χ3n) is 3.86. The lowest BCUT2D eigenvalue weighted by Crippen LogP contribution is -2.46. The lowest BCUT2D eigenvalue weighted by atomic mass is 9.98. The van der Waals surface area contributed by atoms with E-state index in [9.17, 15) is 19.5 Å². The number of aromatic hydroxyl groups is 1. The normalized spacial score (nSPS) is 13.6. The molecule has 0 aromatic heterocycles. The fourth-order valence-electron chi connectivity index (χ4n) is 2.64. The maximum Gasteiger partial charge on any atom is 0.261 e. The molecule has 1 aliphatic rings. The summed E-state index contributed by atoms with van der Waals surface area (Å²) < 4.78 is 0. The molecule has 6 heteroatoms. The molecule has 0 atom stereocenters. The smallest absolute Gasteiger partial charge is 0.261 e. The molecule has 1 aliphatic heterocycles. The predicted octanol–water partition coefficient (Wildman–Crippen LogP) is 1.86. The number of benzene rings is 2. The number of hydrogen-bond donors (Lipinski definition) is 2. The second-order valence-electron chi connectivity index (χ2n) is 5.69. The largest absolute Gasteiger partial charge is 0.506 e. The van der Waals surface area contributed by atoms with Crippen molar-refractivity contribution >= 4 is 23.4 Å². The number of imide groups is 1. The maximum atomic E-state index is 12.4. The van der Waals surface area contributed by atoms with Gasteiger partial charge in [0.25, 0.3) is 5.91 Å². The number of phenolic OH excluding ortho intramolecular Hbond substituents is 1. The Morgan fingerprint density at radius 2 is 1.96 bits per heavy atom. The van der Waals surface area contributed by atoms with Gasteiger partial charge in [-0.15, -0.1) is 0 Å². The first-order valence-corrected chi connectivity index (χ1v) is 7.48. The number of fused-ring (bicyclic) bond motifs is 1. The molecule has 0 unspecified atom stereocenters. The van der Waals surface area contributed by atoms with Crippen LogP contribution in [-0.4, -0.2) is 34.3 Å². The van der Waals surface area contributed by atoms with Gasteiger partial charge in [0.15, 0.2) is 0 Å². The molecule has 2 N–H and O–H groups in total. The van der Waals surface area contributed by atoms with E-state index in [1.165, 1.54) is 6.07 Å². The monoisotopic (exact) mass is 324 g/mol. The number of anilines is 1. The van der Waals surface area contributed by atoms with Gasteiger partial charge in [-0.3, -0.25) is 19.3 Å². The molecule has 1 heterocycles. The van der Waals surface area contributed by atoms with E-state index in [1.807, 2.05) is 6.92 Å². The van der Waals surface area contributed by atoms with E-state index >= 15 is 0 Å². The van der Waals surface area contributed by atoms with Crippen molar-refractivity contribution in [2.45, 2.75) is 13.3 Å². The van der Waals surface area contributed by atoms with Crippen molar-refractivity contribution in [1.82, 2.24) is 4.90 Å². The number of nitrogens with one attached hydrogen (secondary N) is 1. The van der Waals surface area contributed by atoms with Gasteiger partial charge in [0.05, 0.1) is 12.1 Å². The zero-order valence-electron chi connectivity index (χ0n) is 13.1. The van der Waals surface area contributed by atoms with Gasteiger partial charge in [-0.2, -0.15) is 0 Å². The standard InChI is InChI=1S/C18H16N2O4/c1-11-6-7-14(15(21)8-11)19-16(22)10-20-17(23)9-12-4-2-3-5-13(12)18(20)24/h2-8,21H,9-10H2,1H3,(H,19,22). The van der Waals surface area contributed by atoms with Crippen LogP contribution in [0.2, 0.25) is 0 Å². The highest BCUT2D eigenvalue weighted by Crippen LogP contribution is 2.24. The molecule has 24 heavy (non-hydrogen) atoms. The molecule has 0 aliphatic carbocycles. The number of aryl methyl sites for hydroxylation is 1. The highest BCUT2D eigenvalue weighted by Gasteiger charge is 2.32. The fraction of sp³-hybridized carbons (Fsp3) is 0.167. The van der Waals surface area contributed by atoms with Crippen molar-refractivity contribution in [3.8, 4) is 5.75 Å². The van der Waals surface area contributed by atoms with Crippen LogP contribution >= 0.6 is 0 Å². The zero-order valence-corrected chi connectivity index (χ0v) is 13.1. The second-order valence-corrected chi connectivity index (χ2v) is 5.69. The molecule has 2 aromatic rings. The van der Waals surface area contributed by atoms with Crippen molar-refractivity contribution in [2.24, 2.45) is 0 Å². The van der Waals surface area contributed by atoms with Crippen molar-refractivity contribution in [2.75, 3.05) is 11.9 Å². The Balaban J connectivity index is 1.75. The highest BCUT2D eigenvalue weighted by atomic mass is 16.3. The van der Waals surface area contributed by atoms with Gasteiger partial charge in [0, 0.05) is 5.56 Å². The molecule has 0 bridgehead atoms. The highest BCUT2D eigenvalue weighted by molar-refractivity contribution is 6.12. The molecule has 0 radical (unpaired) electrons. The summed E-state index contributed by atoms with van der Waals surface area (Å²) in [7, 11) is 0. The van der Waals surface area contributed by atoms with Gasteiger partial charge in [-0.1, -0.05) is 24.3 Å². The zero-order chi connectivity index (χ0) is 17.3. The molecule has 0 fully saturated rings. The molecule has 2 aromatic carbocycles. The third kappa shape index (κ3) is 2.99. The van der Waals surface area contributed by atoms with E-state index in [2.05, 4.69) is 5.32 Å². The lowest BCUT2D eigenvalue weighted by Gasteiger charge is -2.26. The number of amides is 3. The van der Waals surface area contributed by atoms with Crippen molar-refractivity contribution in [3.63, 3.8) is 0 Å². The average Bonchev–Trinajstić information content (AvgIpc) is 2.54. The van der Waals surface area contributed by atoms with Crippen molar-refractivity contribution < 1.29 is 19.5 Å². The SMILES string of the molecule is Cc1ccc(NC(=O)CN2C(=O)Cc3ccccc3C2=O)c(O)c1. The molecule has 3 amide bonds. The van der Waals surface area contributed by atoms with E-state index in [-0.39, 0.29) is 24.4 Å². The van der Waals surface area contributed by atoms with Crippen LogP contribution in [0.15, 0.2) is 42.5 Å². The first-order chi connectivity index (χ1) is 11.5. The average molecular weight is 324 g/mol. The Hall–Kier alpha value is -3.15. The number of phenols is 1. The molecular formula is C18H16N2O4. The van der Waals surface area contributed by atoms with E-state index in [0.717, 1.165) is 10.5 Å². The molecule has 0 spiro atoms. The first-order valence-electron chi connectivity index (χ1n) is 7.48. The number of nitrogens with zero attached hydrogens (tertiary/aromatic N) is 1. The van der Waals surface area contributed by atoms with Gasteiger partial charge in [0.2, 0.25) is 11.8 Å². The minimum absolute atomic E-state index is 0.0648. The van der Waals surface area contributed by atoms with E-state index < -0.39 is 17.7 Å². The minimum atomic E-state index is -0.546. The Morgan fingerprint density at radius 3 is 2.71 bits per heavy atom. The van der Waals surface area contributed by atoms with Gasteiger partial charge in [-0.25, -0.2) is 0 Å². The summed E-state index contributed by atoms with van der Waals surface area (Å²) in [6.45, 7) is 1.42. The van der Waals surface area contributed by atoms with E-state index in [1.54, 1.807) is 36.4 Å². The summed E-state index contributed by atoms with van der Waals surface area (Å²) in [5, 5.41) is 12.3. The summed E-state index contributed by atoms with van der Waals surface area (Å²) in [4.78, 5) is 37.6. The number of carbonyl (C=O) groups is 3. The van der Waals surface area contributed by atoms with Crippen LogP contribution in [0.25, 0.3) is 0 Å². The van der Waals surface area contributed by atoms with Crippen LogP contribution in [0, 0.1) is 6.92 Å². The van der Waals surface area contributed by atoms with Crippen LogP contribution in [-0.2, 0) is 16.0 Å². The van der Waals surface area contributed by atoms with Crippen LogP contribution < -0.4 is 5.32 Å². The molecular weight excluding hydrogens is 308 g/mol. The lowest BCUT2D eigenvalue weighted by molar-refractivity contribution is -0.131. The quantitative estimate of drug-likeness (QED) is 0.666. The Kier molecular flexibility index (Phi) is 4.04. The summed E-state index contributed by atoms with van der Waals surface area (Å²) >= 11 is 0. The summed E-state index contributed by atoms with van der Waals surface area (Å²) in [6.07, 6.45) is 0.0883. The number of hydrogen-bond acceptors (Lipinski definition) is 4. The molecule has 0 saturated carbocycles. The fourth-order valence-corrected chi connectivity index (χ4v) is 2.64. The van der Waals surface area contributed by atoms with E-state index in [4.69, 9.17) is 0 Å². The Bertz CT molecular complexity index is 845. The van der Waals surface area contributed by atoms with Gasteiger partial charge >= 0.3 is 0 Å². The van der Waals surface area contributed by atoms with Gasteiger partial charge in [-0.05, 0) is 36.2 Å². The summed E-state index contributed by atoms with van der Waals surface area (Å²) in [5.41, 5.74) is 2.19.